The summed E-state index contributed by atoms with van der Waals surface area (Å²) >= 11 is 6.02. The number of sulfonamides is 1. The van der Waals surface area contributed by atoms with Crippen molar-refractivity contribution in [3.05, 3.63) is 95.5 Å². The summed E-state index contributed by atoms with van der Waals surface area (Å²) in [7, 11) is -4.08. The fourth-order valence-electron chi connectivity index (χ4n) is 3.75. The van der Waals surface area contributed by atoms with E-state index in [4.69, 9.17) is 11.6 Å². The highest BCUT2D eigenvalue weighted by Crippen LogP contribution is 2.25. The van der Waals surface area contributed by atoms with Crippen LogP contribution < -0.4 is 9.62 Å². The summed E-state index contributed by atoms with van der Waals surface area (Å²) in [6.07, 6.45) is 0.517. The van der Waals surface area contributed by atoms with Gasteiger partial charge in [0.1, 0.15) is 12.6 Å². The van der Waals surface area contributed by atoms with Gasteiger partial charge < -0.3 is 10.2 Å². The molecule has 190 valence electrons. The van der Waals surface area contributed by atoms with Crippen LogP contribution in [-0.2, 0) is 26.0 Å². The largest absolute Gasteiger partial charge is 0.355 e. The Hall–Kier alpha value is -3.36. The lowest BCUT2D eigenvalue weighted by Crippen LogP contribution is -2.52. The van der Waals surface area contributed by atoms with Gasteiger partial charge in [0.15, 0.2) is 0 Å². The Labute approximate surface area is 217 Å². The molecule has 3 aromatic rings. The van der Waals surface area contributed by atoms with Gasteiger partial charge in [0.25, 0.3) is 10.0 Å². The standard InChI is InChI=1S/C27H30ClN3O4S/c1-3-29-27(33)21(2)30(19-18-22-10-6-4-7-11-22)26(32)20-31(24-16-14-23(28)15-17-24)36(34,35)25-12-8-5-9-13-25/h4-17,21H,3,18-20H2,1-2H3,(H,29,33)/t21-/m0/s1. The van der Waals surface area contributed by atoms with Gasteiger partial charge in [-0.25, -0.2) is 8.42 Å². The number of halogens is 1. The Kier molecular flexibility index (Phi) is 9.50. The predicted molar refractivity (Wildman–Crippen MR) is 142 cm³/mol. The van der Waals surface area contributed by atoms with Crippen molar-refractivity contribution >= 4 is 39.1 Å². The van der Waals surface area contributed by atoms with Gasteiger partial charge in [0.2, 0.25) is 11.8 Å². The first kappa shape index (κ1) is 27.2. The molecule has 0 spiro atoms. The number of anilines is 1. The molecule has 0 heterocycles. The molecule has 0 unspecified atom stereocenters. The summed E-state index contributed by atoms with van der Waals surface area (Å²) in [6, 6.07) is 23.0. The van der Waals surface area contributed by atoms with Crippen molar-refractivity contribution in [2.75, 3.05) is 23.9 Å². The molecule has 0 radical (unpaired) electrons. The quantitative estimate of drug-likeness (QED) is 0.406. The molecule has 0 saturated heterocycles. The molecule has 9 heteroatoms. The third-order valence-electron chi connectivity index (χ3n) is 5.73. The minimum atomic E-state index is -4.08. The van der Waals surface area contributed by atoms with Gasteiger partial charge in [0, 0.05) is 18.1 Å². The number of benzene rings is 3. The highest BCUT2D eigenvalue weighted by Gasteiger charge is 2.32. The maximum absolute atomic E-state index is 13.7. The van der Waals surface area contributed by atoms with Crippen molar-refractivity contribution in [2.45, 2.75) is 31.2 Å². The van der Waals surface area contributed by atoms with Crippen LogP contribution in [0, 0.1) is 0 Å². The van der Waals surface area contributed by atoms with Crippen LogP contribution in [-0.4, -0.2) is 50.8 Å². The van der Waals surface area contributed by atoms with E-state index in [1.807, 2.05) is 30.3 Å². The van der Waals surface area contributed by atoms with Crippen molar-refractivity contribution in [1.29, 1.82) is 0 Å². The van der Waals surface area contributed by atoms with Gasteiger partial charge >= 0.3 is 0 Å². The molecule has 0 fully saturated rings. The fraction of sp³-hybridized carbons (Fsp3) is 0.259. The van der Waals surface area contributed by atoms with Gasteiger partial charge in [-0.2, -0.15) is 0 Å². The average molecular weight is 528 g/mol. The number of amides is 2. The molecule has 1 N–H and O–H groups in total. The van der Waals surface area contributed by atoms with Crippen LogP contribution in [0.4, 0.5) is 5.69 Å². The molecule has 36 heavy (non-hydrogen) atoms. The van der Waals surface area contributed by atoms with E-state index >= 15 is 0 Å². The van der Waals surface area contributed by atoms with Crippen LogP contribution in [0.15, 0.2) is 89.8 Å². The molecule has 2 amide bonds. The minimum Gasteiger partial charge on any atom is -0.355 e. The summed E-state index contributed by atoms with van der Waals surface area (Å²) in [5, 5.41) is 3.19. The van der Waals surface area contributed by atoms with E-state index in [-0.39, 0.29) is 17.3 Å². The SMILES string of the molecule is CCNC(=O)[C@H](C)N(CCc1ccccc1)C(=O)CN(c1ccc(Cl)cc1)S(=O)(=O)c1ccccc1. The summed E-state index contributed by atoms with van der Waals surface area (Å²) in [6.45, 7) is 3.64. The van der Waals surface area contributed by atoms with Crippen molar-refractivity contribution in [3.63, 3.8) is 0 Å². The summed E-state index contributed by atoms with van der Waals surface area (Å²) < 4.78 is 28.3. The molecule has 3 rings (SSSR count). The number of rotatable bonds is 11. The second-order valence-electron chi connectivity index (χ2n) is 8.19. The molecule has 7 nitrogen and oxygen atoms in total. The number of carbonyl (C=O) groups is 2. The van der Waals surface area contributed by atoms with E-state index in [1.165, 1.54) is 17.0 Å². The van der Waals surface area contributed by atoms with Gasteiger partial charge in [-0.1, -0.05) is 60.1 Å². The molecule has 0 aliphatic rings. The van der Waals surface area contributed by atoms with Crippen LogP contribution in [0.5, 0.6) is 0 Å². The highest BCUT2D eigenvalue weighted by atomic mass is 35.5. The Morgan fingerprint density at radius 2 is 1.50 bits per heavy atom. The molecule has 1 atom stereocenters. The summed E-state index contributed by atoms with van der Waals surface area (Å²) in [4.78, 5) is 27.8. The number of hydrogen-bond acceptors (Lipinski definition) is 4. The van der Waals surface area contributed by atoms with Crippen molar-refractivity contribution in [1.82, 2.24) is 10.2 Å². The summed E-state index contributed by atoms with van der Waals surface area (Å²) in [5.74, 6) is -0.790. The number of carbonyl (C=O) groups excluding carboxylic acids is 2. The molecule has 0 bridgehead atoms. The highest BCUT2D eigenvalue weighted by molar-refractivity contribution is 7.92. The molecular weight excluding hydrogens is 498 g/mol. The van der Waals surface area contributed by atoms with Crippen LogP contribution in [0.2, 0.25) is 5.02 Å². The van der Waals surface area contributed by atoms with E-state index in [2.05, 4.69) is 5.32 Å². The first-order valence-electron chi connectivity index (χ1n) is 11.7. The minimum absolute atomic E-state index is 0.0559. The monoisotopic (exact) mass is 527 g/mol. The molecule has 0 aliphatic carbocycles. The summed E-state index contributed by atoms with van der Waals surface area (Å²) in [5.41, 5.74) is 1.30. The Balaban J connectivity index is 1.95. The normalized spacial score (nSPS) is 12.0. The third-order valence-corrected chi connectivity index (χ3v) is 7.77. The third kappa shape index (κ3) is 6.86. The second kappa shape index (κ2) is 12.6. The van der Waals surface area contributed by atoms with E-state index in [1.54, 1.807) is 56.3 Å². The van der Waals surface area contributed by atoms with Gasteiger partial charge in [-0.05, 0) is 62.2 Å². The zero-order valence-corrected chi connectivity index (χ0v) is 21.9. The molecule has 0 saturated carbocycles. The van der Waals surface area contributed by atoms with E-state index in [9.17, 15) is 18.0 Å². The Morgan fingerprint density at radius 3 is 2.08 bits per heavy atom. The maximum Gasteiger partial charge on any atom is 0.264 e. The van der Waals surface area contributed by atoms with Crippen molar-refractivity contribution in [2.24, 2.45) is 0 Å². The topological polar surface area (TPSA) is 86.8 Å². The molecular formula is C27H30ClN3O4S. The van der Waals surface area contributed by atoms with E-state index in [0.29, 0.717) is 23.7 Å². The Bertz CT molecular complexity index is 1250. The zero-order chi connectivity index (χ0) is 26.1. The fourth-order valence-corrected chi connectivity index (χ4v) is 5.31. The smallest absolute Gasteiger partial charge is 0.264 e. The van der Waals surface area contributed by atoms with Crippen LogP contribution in [0.1, 0.15) is 19.4 Å². The van der Waals surface area contributed by atoms with Crippen LogP contribution >= 0.6 is 11.6 Å². The lowest BCUT2D eigenvalue weighted by molar-refractivity contribution is -0.138. The Morgan fingerprint density at radius 1 is 0.917 bits per heavy atom. The van der Waals surface area contributed by atoms with Crippen LogP contribution in [0.25, 0.3) is 0 Å². The lowest BCUT2D eigenvalue weighted by atomic mass is 10.1. The van der Waals surface area contributed by atoms with Gasteiger partial charge in [-0.3, -0.25) is 13.9 Å². The zero-order valence-electron chi connectivity index (χ0n) is 20.3. The lowest BCUT2D eigenvalue weighted by Gasteiger charge is -2.32. The first-order valence-corrected chi connectivity index (χ1v) is 13.5. The second-order valence-corrected chi connectivity index (χ2v) is 10.5. The predicted octanol–water partition coefficient (Wildman–Crippen LogP) is 4.13. The van der Waals surface area contributed by atoms with E-state index < -0.39 is 28.5 Å². The number of nitrogens with zero attached hydrogens (tertiary/aromatic N) is 2. The van der Waals surface area contributed by atoms with Crippen molar-refractivity contribution in [3.8, 4) is 0 Å². The number of hydrogen-bond donors (Lipinski definition) is 1. The maximum atomic E-state index is 13.7. The van der Waals surface area contributed by atoms with Gasteiger partial charge in [0.05, 0.1) is 10.6 Å². The number of likely N-dealkylation sites (N-methyl/N-ethyl adjacent to an activating group) is 1. The van der Waals surface area contributed by atoms with Gasteiger partial charge in [-0.15, -0.1) is 0 Å². The molecule has 0 aromatic heterocycles. The van der Waals surface area contributed by atoms with E-state index in [0.717, 1.165) is 9.87 Å². The molecule has 0 aliphatic heterocycles. The van der Waals surface area contributed by atoms with Crippen LogP contribution in [0.3, 0.4) is 0 Å². The number of nitrogens with one attached hydrogen (secondary N) is 1. The molecule has 3 aromatic carbocycles. The van der Waals surface area contributed by atoms with Crippen molar-refractivity contribution < 1.29 is 18.0 Å². The average Bonchev–Trinajstić information content (AvgIpc) is 2.89. The first-order chi connectivity index (χ1) is 17.2.